The van der Waals surface area contributed by atoms with Crippen molar-refractivity contribution in [2.75, 3.05) is 6.61 Å². The maximum atomic E-state index is 13.1. The molecule has 2 unspecified atom stereocenters. The highest BCUT2D eigenvalue weighted by molar-refractivity contribution is 6.32. The minimum absolute atomic E-state index is 0.126. The van der Waals surface area contributed by atoms with E-state index in [4.69, 9.17) is 11.6 Å². The van der Waals surface area contributed by atoms with Gasteiger partial charge < -0.3 is 15.5 Å². The lowest BCUT2D eigenvalue weighted by Gasteiger charge is -2.22. The van der Waals surface area contributed by atoms with Crippen LogP contribution in [0.1, 0.15) is 41.8 Å². The molecule has 0 radical (unpaired) electrons. The Labute approximate surface area is 178 Å². The lowest BCUT2D eigenvalue weighted by molar-refractivity contribution is -0.384. The van der Waals surface area contributed by atoms with Gasteiger partial charge in [0.15, 0.2) is 5.69 Å². The first kappa shape index (κ1) is 23.0. The van der Waals surface area contributed by atoms with E-state index in [1.807, 2.05) is 0 Å². The molecule has 9 nitrogen and oxygen atoms in total. The summed E-state index contributed by atoms with van der Waals surface area (Å²) >= 11 is 5.87. The van der Waals surface area contributed by atoms with Gasteiger partial charge in [-0.05, 0) is 30.5 Å². The molecule has 0 bridgehead atoms. The first-order chi connectivity index (χ1) is 14.5. The van der Waals surface area contributed by atoms with Gasteiger partial charge in [-0.15, -0.1) is 0 Å². The number of non-ortho nitro benzene ring substituents is 1. The van der Waals surface area contributed by atoms with Crippen LogP contribution in [-0.2, 0) is 17.5 Å². The number of aliphatic hydroxyl groups is 2. The quantitative estimate of drug-likeness (QED) is 0.408. The molecular weight excluding hydrogens is 445 g/mol. The van der Waals surface area contributed by atoms with Gasteiger partial charge in [-0.2, -0.15) is 18.3 Å². The zero-order valence-electron chi connectivity index (χ0n) is 15.8. The van der Waals surface area contributed by atoms with Crippen LogP contribution in [0.25, 0.3) is 0 Å². The van der Waals surface area contributed by atoms with E-state index in [-0.39, 0.29) is 22.9 Å². The smallest absolute Gasteiger partial charge is 0.394 e. The average molecular weight is 463 g/mol. The molecule has 1 aliphatic carbocycles. The summed E-state index contributed by atoms with van der Waals surface area (Å²) in [5.41, 5.74) is -1.15. The molecule has 1 aliphatic rings. The topological polar surface area (TPSA) is 131 Å². The van der Waals surface area contributed by atoms with Crippen molar-refractivity contribution in [1.29, 1.82) is 0 Å². The van der Waals surface area contributed by atoms with Crippen molar-refractivity contribution >= 4 is 23.2 Å². The minimum atomic E-state index is -4.78. The number of aromatic nitrogens is 2. The van der Waals surface area contributed by atoms with Crippen LogP contribution >= 0.6 is 11.6 Å². The third kappa shape index (κ3) is 5.14. The molecule has 1 aromatic heterocycles. The van der Waals surface area contributed by atoms with E-state index in [9.17, 15) is 38.3 Å². The molecule has 0 saturated heterocycles. The summed E-state index contributed by atoms with van der Waals surface area (Å²) in [6.07, 6.45) is -4.93. The highest BCUT2D eigenvalue weighted by Gasteiger charge is 2.42. The van der Waals surface area contributed by atoms with E-state index in [0.717, 1.165) is 16.8 Å². The monoisotopic (exact) mass is 462 g/mol. The number of carbonyl (C=O) groups excluding carboxylic acids is 1. The lowest BCUT2D eigenvalue weighted by atomic mass is 10.0. The Balaban J connectivity index is 1.74. The summed E-state index contributed by atoms with van der Waals surface area (Å²) in [6.45, 7) is -1.28. The summed E-state index contributed by atoms with van der Waals surface area (Å²) in [5, 5.41) is 35.9. The van der Waals surface area contributed by atoms with Gasteiger partial charge in [-0.1, -0.05) is 11.6 Å². The number of hydrogen-bond acceptors (Lipinski definition) is 6. The molecule has 31 heavy (non-hydrogen) atoms. The second-order valence-electron chi connectivity index (χ2n) is 7.13. The van der Waals surface area contributed by atoms with E-state index in [1.165, 1.54) is 12.1 Å². The fourth-order valence-electron chi connectivity index (χ4n) is 3.14. The maximum Gasteiger partial charge on any atom is 0.436 e. The second kappa shape index (κ2) is 8.81. The van der Waals surface area contributed by atoms with Gasteiger partial charge in [0, 0.05) is 18.1 Å². The van der Waals surface area contributed by atoms with Crippen LogP contribution in [0, 0.1) is 10.1 Å². The van der Waals surface area contributed by atoms with Crippen molar-refractivity contribution in [1.82, 2.24) is 15.1 Å². The molecule has 168 valence electrons. The van der Waals surface area contributed by atoms with Crippen LogP contribution < -0.4 is 5.32 Å². The fraction of sp³-hybridized carbons (Fsp3) is 0.444. The molecule has 0 aliphatic heterocycles. The van der Waals surface area contributed by atoms with E-state index in [0.29, 0.717) is 12.8 Å². The summed E-state index contributed by atoms with van der Waals surface area (Å²) in [7, 11) is 0. The van der Waals surface area contributed by atoms with Crippen LogP contribution in [0.3, 0.4) is 0 Å². The molecule has 3 rings (SSSR count). The SMILES string of the molecule is O=C(Cn1nc(C(F)(F)F)c(Cl)c1C1CC1)NC(CO)C(O)c1ccc([N+](=O)[O-])cc1. The summed E-state index contributed by atoms with van der Waals surface area (Å²) in [4.78, 5) is 22.5. The average Bonchev–Trinajstić information content (AvgIpc) is 3.48. The number of nitrogens with one attached hydrogen (secondary N) is 1. The predicted molar refractivity (Wildman–Crippen MR) is 101 cm³/mol. The third-order valence-corrected chi connectivity index (χ3v) is 5.20. The van der Waals surface area contributed by atoms with Gasteiger partial charge in [0.25, 0.3) is 5.69 Å². The third-order valence-electron chi connectivity index (χ3n) is 4.83. The number of halogens is 4. The largest absolute Gasteiger partial charge is 0.436 e. The van der Waals surface area contributed by atoms with E-state index in [1.54, 1.807) is 0 Å². The van der Waals surface area contributed by atoms with Crippen LogP contribution in [0.5, 0.6) is 0 Å². The van der Waals surface area contributed by atoms with E-state index in [2.05, 4.69) is 10.4 Å². The first-order valence-electron chi connectivity index (χ1n) is 9.19. The Hall–Kier alpha value is -2.70. The Morgan fingerprint density at radius 2 is 1.97 bits per heavy atom. The van der Waals surface area contributed by atoms with E-state index >= 15 is 0 Å². The van der Waals surface area contributed by atoms with Gasteiger partial charge in [0.1, 0.15) is 12.6 Å². The number of rotatable bonds is 8. The number of hydrogen-bond donors (Lipinski definition) is 3. The zero-order valence-corrected chi connectivity index (χ0v) is 16.6. The standard InChI is InChI=1S/C18H18ClF3N4O5/c19-14-15(9-1-2-9)25(24-17(14)18(20,21)22)7-13(28)23-12(8-27)16(29)10-3-5-11(6-4-10)26(30)31/h3-6,9,12,16,27,29H,1-2,7-8H2,(H,23,28). The second-order valence-corrected chi connectivity index (χ2v) is 7.51. The molecule has 3 N–H and O–H groups in total. The minimum Gasteiger partial charge on any atom is -0.394 e. The highest BCUT2D eigenvalue weighted by atomic mass is 35.5. The Morgan fingerprint density at radius 3 is 2.45 bits per heavy atom. The van der Waals surface area contributed by atoms with Crippen LogP contribution in [0.2, 0.25) is 5.02 Å². The molecule has 1 saturated carbocycles. The van der Waals surface area contributed by atoms with E-state index < -0.39 is 53.0 Å². The normalized spacial score (nSPS) is 16.1. The Morgan fingerprint density at radius 1 is 1.35 bits per heavy atom. The van der Waals surface area contributed by atoms with Crippen molar-refractivity contribution in [3.63, 3.8) is 0 Å². The maximum absolute atomic E-state index is 13.1. The van der Waals surface area contributed by atoms with Crippen molar-refractivity contribution in [3.8, 4) is 0 Å². The summed E-state index contributed by atoms with van der Waals surface area (Å²) in [6, 6.07) is 3.64. The van der Waals surface area contributed by atoms with Crippen molar-refractivity contribution < 1.29 is 33.1 Å². The van der Waals surface area contributed by atoms with Gasteiger partial charge in [0.2, 0.25) is 5.91 Å². The molecule has 2 aromatic rings. The van der Waals surface area contributed by atoms with Crippen molar-refractivity contribution in [3.05, 3.63) is 56.4 Å². The predicted octanol–water partition coefficient (Wildman–Crippen LogP) is 2.55. The van der Waals surface area contributed by atoms with Crippen LogP contribution in [-0.4, -0.2) is 43.5 Å². The number of nitro groups is 1. The number of benzene rings is 1. The van der Waals surface area contributed by atoms with Gasteiger partial charge >= 0.3 is 6.18 Å². The zero-order chi connectivity index (χ0) is 22.9. The molecule has 1 heterocycles. The number of nitrogens with zero attached hydrogens (tertiary/aromatic N) is 3. The lowest BCUT2D eigenvalue weighted by Crippen LogP contribution is -2.43. The molecule has 1 amide bonds. The number of aliphatic hydroxyl groups excluding tert-OH is 2. The Kier molecular flexibility index (Phi) is 6.53. The molecule has 2 atom stereocenters. The molecular formula is C18H18ClF3N4O5. The molecule has 13 heteroatoms. The number of alkyl halides is 3. The summed E-state index contributed by atoms with van der Waals surface area (Å²) < 4.78 is 40.3. The number of nitro benzene ring substituents is 1. The van der Waals surface area contributed by atoms with Crippen molar-refractivity contribution in [2.45, 2.75) is 43.6 Å². The fourth-order valence-corrected chi connectivity index (χ4v) is 3.54. The first-order valence-corrected chi connectivity index (χ1v) is 9.56. The summed E-state index contributed by atoms with van der Waals surface area (Å²) in [5.74, 6) is -1.02. The van der Waals surface area contributed by atoms with Gasteiger partial charge in [0.05, 0.1) is 28.3 Å². The van der Waals surface area contributed by atoms with Gasteiger partial charge in [-0.25, -0.2) is 0 Å². The van der Waals surface area contributed by atoms with Crippen LogP contribution in [0.15, 0.2) is 24.3 Å². The van der Waals surface area contributed by atoms with Gasteiger partial charge in [-0.3, -0.25) is 19.6 Å². The Bertz CT molecular complexity index is 976. The molecule has 0 spiro atoms. The van der Waals surface area contributed by atoms with Crippen molar-refractivity contribution in [2.24, 2.45) is 0 Å². The highest BCUT2D eigenvalue weighted by Crippen LogP contribution is 2.46. The van der Waals surface area contributed by atoms with Crippen LogP contribution in [0.4, 0.5) is 18.9 Å². The molecule has 1 fully saturated rings. The molecule has 1 aromatic carbocycles. The number of carbonyl (C=O) groups is 1. The number of amides is 1.